The molecule has 0 bridgehead atoms. The molecule has 0 radical (unpaired) electrons. The second kappa shape index (κ2) is 4.61. The van der Waals surface area contributed by atoms with Crippen LogP contribution >= 0.6 is 0 Å². The van der Waals surface area contributed by atoms with E-state index in [1.165, 1.54) is 6.07 Å². The number of rotatable bonds is 1. The lowest BCUT2D eigenvalue weighted by Gasteiger charge is -2.24. The SMILES string of the molecule is Cc1cc(N2CCNC(=O)CC2)c(N)cc1F. The van der Waals surface area contributed by atoms with Crippen molar-refractivity contribution in [2.24, 2.45) is 0 Å². The molecule has 1 saturated heterocycles. The molecule has 0 atom stereocenters. The number of nitrogens with two attached hydrogens (primary N) is 1. The van der Waals surface area contributed by atoms with E-state index in [1.54, 1.807) is 13.0 Å². The number of nitrogen functional groups attached to an aromatic ring is 1. The minimum absolute atomic E-state index is 0.0462. The smallest absolute Gasteiger partial charge is 0.221 e. The molecule has 5 heteroatoms. The molecule has 92 valence electrons. The molecule has 3 N–H and O–H groups in total. The summed E-state index contributed by atoms with van der Waals surface area (Å²) in [6, 6.07) is 3.07. The van der Waals surface area contributed by atoms with Crippen LogP contribution in [-0.2, 0) is 4.79 Å². The van der Waals surface area contributed by atoms with Crippen molar-refractivity contribution in [2.45, 2.75) is 13.3 Å². The number of amides is 1. The van der Waals surface area contributed by atoms with E-state index < -0.39 is 0 Å². The summed E-state index contributed by atoms with van der Waals surface area (Å²) in [4.78, 5) is 13.3. The maximum atomic E-state index is 13.3. The Kier molecular flexibility index (Phi) is 3.17. The van der Waals surface area contributed by atoms with Crippen LogP contribution in [0.15, 0.2) is 12.1 Å². The van der Waals surface area contributed by atoms with Crippen LogP contribution in [0.2, 0.25) is 0 Å². The molecule has 0 aliphatic carbocycles. The second-order valence-corrected chi connectivity index (χ2v) is 4.25. The highest BCUT2D eigenvalue weighted by Crippen LogP contribution is 2.26. The Morgan fingerprint density at radius 2 is 2.18 bits per heavy atom. The third-order valence-corrected chi connectivity index (χ3v) is 2.96. The van der Waals surface area contributed by atoms with E-state index >= 15 is 0 Å². The first-order chi connectivity index (χ1) is 8.08. The highest BCUT2D eigenvalue weighted by atomic mass is 19.1. The van der Waals surface area contributed by atoms with Gasteiger partial charge in [-0.2, -0.15) is 0 Å². The molecule has 1 fully saturated rings. The zero-order valence-corrected chi connectivity index (χ0v) is 9.79. The van der Waals surface area contributed by atoms with E-state index in [0.29, 0.717) is 37.3 Å². The van der Waals surface area contributed by atoms with Crippen LogP contribution in [-0.4, -0.2) is 25.5 Å². The number of carbonyl (C=O) groups is 1. The summed E-state index contributed by atoms with van der Waals surface area (Å²) < 4.78 is 13.3. The number of aryl methyl sites for hydroxylation is 1. The van der Waals surface area contributed by atoms with E-state index in [1.807, 2.05) is 4.90 Å². The summed E-state index contributed by atoms with van der Waals surface area (Å²) in [5, 5.41) is 2.79. The first kappa shape index (κ1) is 11.7. The highest BCUT2D eigenvalue weighted by molar-refractivity contribution is 5.78. The van der Waals surface area contributed by atoms with Crippen molar-refractivity contribution >= 4 is 17.3 Å². The van der Waals surface area contributed by atoms with Gasteiger partial charge in [0.15, 0.2) is 0 Å². The summed E-state index contributed by atoms with van der Waals surface area (Å²) in [6.45, 7) is 3.61. The summed E-state index contributed by atoms with van der Waals surface area (Å²) >= 11 is 0. The number of hydrogen-bond donors (Lipinski definition) is 2. The van der Waals surface area contributed by atoms with Gasteiger partial charge in [0.25, 0.3) is 0 Å². The number of nitrogens with zero attached hydrogens (tertiary/aromatic N) is 1. The molecule has 1 aliphatic rings. The van der Waals surface area contributed by atoms with Gasteiger partial charge in [0, 0.05) is 26.1 Å². The quantitative estimate of drug-likeness (QED) is 0.718. The van der Waals surface area contributed by atoms with Crippen LogP contribution in [0.1, 0.15) is 12.0 Å². The van der Waals surface area contributed by atoms with Gasteiger partial charge in [-0.15, -0.1) is 0 Å². The summed E-state index contributed by atoms with van der Waals surface area (Å²) in [6.07, 6.45) is 0.440. The Balaban J connectivity index is 2.27. The van der Waals surface area contributed by atoms with Crippen LogP contribution in [0.3, 0.4) is 0 Å². The monoisotopic (exact) mass is 237 g/mol. The molecule has 0 saturated carbocycles. The van der Waals surface area contributed by atoms with E-state index in [0.717, 1.165) is 5.69 Å². The third-order valence-electron chi connectivity index (χ3n) is 2.96. The molecule has 1 amide bonds. The summed E-state index contributed by atoms with van der Waals surface area (Å²) in [5.74, 6) is -0.250. The van der Waals surface area contributed by atoms with Gasteiger partial charge in [-0.05, 0) is 24.6 Å². The molecule has 1 aromatic rings. The lowest BCUT2D eigenvalue weighted by Crippen LogP contribution is -2.29. The lowest BCUT2D eigenvalue weighted by molar-refractivity contribution is -0.120. The van der Waals surface area contributed by atoms with E-state index in [-0.39, 0.29) is 11.7 Å². The van der Waals surface area contributed by atoms with Crippen LogP contribution in [0, 0.1) is 12.7 Å². The van der Waals surface area contributed by atoms with Crippen molar-refractivity contribution in [2.75, 3.05) is 30.3 Å². The Morgan fingerprint density at radius 1 is 1.41 bits per heavy atom. The Morgan fingerprint density at radius 3 is 2.94 bits per heavy atom. The molecule has 4 nitrogen and oxygen atoms in total. The fourth-order valence-corrected chi connectivity index (χ4v) is 1.96. The first-order valence-electron chi connectivity index (χ1n) is 5.65. The van der Waals surface area contributed by atoms with Crippen molar-refractivity contribution in [3.05, 3.63) is 23.5 Å². The highest BCUT2D eigenvalue weighted by Gasteiger charge is 2.16. The second-order valence-electron chi connectivity index (χ2n) is 4.25. The number of benzene rings is 1. The minimum Gasteiger partial charge on any atom is -0.397 e. The fraction of sp³-hybridized carbons (Fsp3) is 0.417. The van der Waals surface area contributed by atoms with Crippen molar-refractivity contribution < 1.29 is 9.18 Å². The minimum atomic E-state index is -0.296. The van der Waals surface area contributed by atoms with Crippen molar-refractivity contribution in [1.29, 1.82) is 0 Å². The maximum Gasteiger partial charge on any atom is 0.221 e. The van der Waals surface area contributed by atoms with E-state index in [4.69, 9.17) is 5.73 Å². The average Bonchev–Trinajstić information content (AvgIpc) is 2.49. The Hall–Kier alpha value is -1.78. The number of hydrogen-bond acceptors (Lipinski definition) is 3. The number of anilines is 2. The number of nitrogens with one attached hydrogen (secondary N) is 1. The van der Waals surface area contributed by atoms with Gasteiger partial charge in [0.1, 0.15) is 5.82 Å². The zero-order valence-electron chi connectivity index (χ0n) is 9.79. The number of carbonyl (C=O) groups excluding carboxylic acids is 1. The number of halogens is 1. The predicted octanol–water partition coefficient (Wildman–Crippen LogP) is 1.04. The van der Waals surface area contributed by atoms with E-state index in [9.17, 15) is 9.18 Å². The largest absolute Gasteiger partial charge is 0.397 e. The van der Waals surface area contributed by atoms with Gasteiger partial charge in [-0.25, -0.2) is 4.39 Å². The lowest BCUT2D eigenvalue weighted by atomic mass is 10.1. The molecule has 2 rings (SSSR count). The molecule has 0 unspecified atom stereocenters. The molecule has 0 spiro atoms. The van der Waals surface area contributed by atoms with Crippen molar-refractivity contribution in [1.82, 2.24) is 5.32 Å². The van der Waals surface area contributed by atoms with Crippen molar-refractivity contribution in [3.8, 4) is 0 Å². The van der Waals surface area contributed by atoms with Crippen molar-refractivity contribution in [3.63, 3.8) is 0 Å². The summed E-state index contributed by atoms with van der Waals surface area (Å²) in [7, 11) is 0. The fourth-order valence-electron chi connectivity index (χ4n) is 1.96. The normalized spacial score (nSPS) is 16.6. The molecular weight excluding hydrogens is 221 g/mol. The first-order valence-corrected chi connectivity index (χ1v) is 5.65. The molecule has 0 aromatic heterocycles. The van der Waals surface area contributed by atoms with Gasteiger partial charge in [0.05, 0.1) is 11.4 Å². The van der Waals surface area contributed by atoms with Gasteiger partial charge < -0.3 is 16.0 Å². The molecular formula is C12H16FN3O. The zero-order chi connectivity index (χ0) is 12.4. The van der Waals surface area contributed by atoms with Crippen LogP contribution < -0.4 is 16.0 Å². The van der Waals surface area contributed by atoms with Gasteiger partial charge in [-0.3, -0.25) is 4.79 Å². The Labute approximate surface area is 99.6 Å². The molecule has 1 aliphatic heterocycles. The standard InChI is InChI=1S/C12H16FN3O/c1-8-6-11(10(14)7-9(8)13)16-4-2-12(17)15-3-5-16/h6-7H,2-5,14H2,1H3,(H,15,17). The average molecular weight is 237 g/mol. The molecule has 1 aromatic carbocycles. The van der Waals surface area contributed by atoms with E-state index in [2.05, 4.69) is 5.32 Å². The van der Waals surface area contributed by atoms with Crippen LogP contribution in [0.5, 0.6) is 0 Å². The summed E-state index contributed by atoms with van der Waals surface area (Å²) in [5.41, 5.74) is 7.61. The van der Waals surface area contributed by atoms with Gasteiger partial charge >= 0.3 is 0 Å². The third kappa shape index (κ3) is 2.49. The molecule has 1 heterocycles. The van der Waals surface area contributed by atoms with Gasteiger partial charge in [-0.1, -0.05) is 0 Å². The van der Waals surface area contributed by atoms with Crippen LogP contribution in [0.4, 0.5) is 15.8 Å². The Bertz CT molecular complexity index is 448. The molecule has 17 heavy (non-hydrogen) atoms. The topological polar surface area (TPSA) is 58.4 Å². The van der Waals surface area contributed by atoms with Crippen LogP contribution in [0.25, 0.3) is 0 Å². The predicted molar refractivity (Wildman–Crippen MR) is 65.4 cm³/mol. The maximum absolute atomic E-state index is 13.3. The van der Waals surface area contributed by atoms with Gasteiger partial charge in [0.2, 0.25) is 5.91 Å².